The van der Waals surface area contributed by atoms with E-state index in [0.717, 1.165) is 17.0 Å². The van der Waals surface area contributed by atoms with E-state index in [9.17, 15) is 18.3 Å². The van der Waals surface area contributed by atoms with Gasteiger partial charge in [0.25, 0.3) is 0 Å². The van der Waals surface area contributed by atoms with Crippen LogP contribution in [0.2, 0.25) is 0 Å². The number of carbonyl (C=O) groups is 1. The Morgan fingerprint density at radius 1 is 1.38 bits per heavy atom. The summed E-state index contributed by atoms with van der Waals surface area (Å²) in [6.45, 7) is 10.4. The molecule has 0 heterocycles. The summed E-state index contributed by atoms with van der Waals surface area (Å²) >= 11 is 0. The number of aryl methyl sites for hydroxylation is 1. The van der Waals surface area contributed by atoms with Crippen LogP contribution in [-0.2, 0) is 19.6 Å². The van der Waals surface area contributed by atoms with Gasteiger partial charge in [-0.15, -0.1) is 6.58 Å². The van der Waals surface area contributed by atoms with E-state index in [1.165, 1.54) is 25.1 Å². The average Bonchev–Trinajstić information content (AvgIpc) is 2.57. The van der Waals surface area contributed by atoms with Gasteiger partial charge in [-0.3, -0.25) is 0 Å². The summed E-state index contributed by atoms with van der Waals surface area (Å²) in [6, 6.07) is 5.44. The fourth-order valence-corrected chi connectivity index (χ4v) is 3.76. The lowest BCUT2D eigenvalue weighted by atomic mass is 10.1. The molecule has 2 atom stereocenters. The number of hydrogen-bond acceptors (Lipinski definition) is 5. The van der Waals surface area contributed by atoms with Gasteiger partial charge in [0, 0.05) is 6.54 Å². The predicted molar refractivity (Wildman–Crippen MR) is 91.9 cm³/mol. The molecule has 0 saturated carbocycles. The Bertz CT molecular complexity index is 709. The van der Waals surface area contributed by atoms with E-state index >= 15 is 0 Å². The molecule has 0 amide bonds. The van der Waals surface area contributed by atoms with E-state index in [0.29, 0.717) is 0 Å². The molecule has 0 aliphatic rings. The van der Waals surface area contributed by atoms with Crippen LogP contribution in [0.5, 0.6) is 0 Å². The molecule has 0 saturated heterocycles. The van der Waals surface area contributed by atoms with Crippen molar-refractivity contribution in [3.63, 3.8) is 0 Å². The first-order chi connectivity index (χ1) is 11.2. The third kappa shape index (κ3) is 4.31. The fraction of sp³-hybridized carbons (Fsp3) is 0.353. The van der Waals surface area contributed by atoms with Crippen molar-refractivity contribution >= 4 is 16.0 Å². The minimum absolute atomic E-state index is 0.0249. The van der Waals surface area contributed by atoms with Gasteiger partial charge in [0.2, 0.25) is 10.0 Å². The molecule has 24 heavy (non-hydrogen) atoms. The highest BCUT2D eigenvalue weighted by Crippen LogP contribution is 2.22. The van der Waals surface area contributed by atoms with Crippen LogP contribution in [-0.4, -0.2) is 49.6 Å². The van der Waals surface area contributed by atoms with Crippen molar-refractivity contribution < 1.29 is 23.1 Å². The first kappa shape index (κ1) is 20.1. The second-order valence-corrected chi connectivity index (χ2v) is 7.27. The highest BCUT2D eigenvalue weighted by atomic mass is 32.2. The van der Waals surface area contributed by atoms with Crippen molar-refractivity contribution in [3.05, 3.63) is 54.6 Å². The molecule has 0 aliphatic heterocycles. The van der Waals surface area contributed by atoms with Gasteiger partial charge in [-0.05, 0) is 26.0 Å². The smallest absolute Gasteiger partial charge is 0.335 e. The van der Waals surface area contributed by atoms with Gasteiger partial charge in [-0.1, -0.05) is 30.4 Å². The van der Waals surface area contributed by atoms with Gasteiger partial charge in [0.1, 0.15) is 6.10 Å². The van der Waals surface area contributed by atoms with Gasteiger partial charge in [0.15, 0.2) is 0 Å². The maximum Gasteiger partial charge on any atom is 0.335 e. The maximum atomic E-state index is 12.9. The molecule has 0 fully saturated rings. The summed E-state index contributed by atoms with van der Waals surface area (Å²) in [5, 5.41) is 10.3. The Labute approximate surface area is 143 Å². The molecule has 0 radical (unpaired) electrons. The number of esters is 1. The van der Waals surface area contributed by atoms with Gasteiger partial charge < -0.3 is 9.84 Å². The van der Waals surface area contributed by atoms with Gasteiger partial charge in [0.05, 0.1) is 23.6 Å². The molecule has 2 unspecified atom stereocenters. The average molecular weight is 353 g/mol. The number of hydrogen-bond donors (Lipinski definition) is 1. The summed E-state index contributed by atoms with van der Waals surface area (Å²) in [4.78, 5) is 11.6. The van der Waals surface area contributed by atoms with Crippen molar-refractivity contribution in [3.8, 4) is 0 Å². The van der Waals surface area contributed by atoms with Crippen molar-refractivity contribution in [2.45, 2.75) is 30.9 Å². The van der Waals surface area contributed by atoms with E-state index in [1.807, 2.05) is 6.92 Å². The number of aliphatic hydroxyl groups excluding tert-OH is 1. The highest BCUT2D eigenvalue weighted by molar-refractivity contribution is 7.89. The molecular formula is C17H23NO5S. The fourth-order valence-electron chi connectivity index (χ4n) is 2.16. The van der Waals surface area contributed by atoms with Crippen LogP contribution < -0.4 is 0 Å². The summed E-state index contributed by atoms with van der Waals surface area (Å²) in [5.74, 6) is -0.791. The van der Waals surface area contributed by atoms with Crippen LogP contribution in [0.4, 0.5) is 0 Å². The minimum atomic E-state index is -3.88. The number of carbonyl (C=O) groups excluding carboxylic acids is 1. The number of ether oxygens (including phenoxy) is 1. The Morgan fingerprint density at radius 2 is 1.92 bits per heavy atom. The Morgan fingerprint density at radius 3 is 2.38 bits per heavy atom. The normalized spacial score (nSPS) is 14.0. The minimum Gasteiger partial charge on any atom is -0.466 e. The van der Waals surface area contributed by atoms with Gasteiger partial charge >= 0.3 is 5.97 Å². The largest absolute Gasteiger partial charge is 0.466 e. The maximum absolute atomic E-state index is 12.9. The molecule has 1 N–H and O–H groups in total. The first-order valence-electron chi connectivity index (χ1n) is 7.31. The Balaban J connectivity index is 3.21. The summed E-state index contributed by atoms with van der Waals surface area (Å²) in [7, 11) is -2.72. The van der Waals surface area contributed by atoms with Crippen LogP contribution in [0.15, 0.2) is 54.0 Å². The summed E-state index contributed by atoms with van der Waals surface area (Å²) < 4.78 is 31.3. The monoisotopic (exact) mass is 353 g/mol. The molecule has 0 aliphatic carbocycles. The predicted octanol–water partition coefficient (Wildman–Crippen LogP) is 1.65. The number of aliphatic hydroxyl groups is 1. The standard InChI is InChI=1S/C17H23NO5S/c1-6-11-18(14(4)16(19)13(3)17(20)23-5)24(21,22)15-9-7-12(2)8-10-15/h6-10,14,16,19H,1,3,11H2,2,4-5H3. The van der Waals surface area contributed by atoms with E-state index in [2.05, 4.69) is 17.9 Å². The number of rotatable bonds is 8. The van der Waals surface area contributed by atoms with Crippen LogP contribution in [0.1, 0.15) is 12.5 Å². The van der Waals surface area contributed by atoms with Crippen LogP contribution >= 0.6 is 0 Å². The quantitative estimate of drug-likeness (QED) is 0.436. The molecule has 1 aromatic carbocycles. The summed E-state index contributed by atoms with van der Waals surface area (Å²) in [6.07, 6.45) is 0.00759. The zero-order valence-corrected chi connectivity index (χ0v) is 14.9. The summed E-state index contributed by atoms with van der Waals surface area (Å²) in [5.41, 5.74) is 0.717. The molecular weight excluding hydrogens is 330 g/mol. The molecule has 7 heteroatoms. The zero-order valence-electron chi connectivity index (χ0n) is 14.1. The van der Waals surface area contributed by atoms with Crippen molar-refractivity contribution in [1.82, 2.24) is 4.31 Å². The molecule has 0 spiro atoms. The Hall–Kier alpha value is -1.96. The van der Waals surface area contributed by atoms with Crippen molar-refractivity contribution in [2.75, 3.05) is 13.7 Å². The lowest BCUT2D eigenvalue weighted by Gasteiger charge is -2.31. The van der Waals surface area contributed by atoms with E-state index in [1.54, 1.807) is 12.1 Å². The third-order valence-corrected chi connectivity index (χ3v) is 5.62. The van der Waals surface area contributed by atoms with Crippen molar-refractivity contribution in [2.24, 2.45) is 0 Å². The molecule has 0 aromatic heterocycles. The van der Waals surface area contributed by atoms with Gasteiger partial charge in [-0.25, -0.2) is 13.2 Å². The lowest BCUT2D eigenvalue weighted by molar-refractivity contribution is -0.137. The number of sulfonamides is 1. The second-order valence-electron chi connectivity index (χ2n) is 5.38. The molecule has 6 nitrogen and oxygen atoms in total. The lowest BCUT2D eigenvalue weighted by Crippen LogP contribution is -2.46. The number of nitrogens with zero attached hydrogens (tertiary/aromatic N) is 1. The Kier molecular flexibility index (Phi) is 6.89. The third-order valence-electron chi connectivity index (χ3n) is 3.65. The molecule has 132 valence electrons. The van der Waals surface area contributed by atoms with E-state index in [4.69, 9.17) is 0 Å². The van der Waals surface area contributed by atoms with Crippen LogP contribution in [0.3, 0.4) is 0 Å². The zero-order chi connectivity index (χ0) is 18.5. The number of benzene rings is 1. The molecule has 0 bridgehead atoms. The van der Waals surface area contributed by atoms with Crippen LogP contribution in [0.25, 0.3) is 0 Å². The molecule has 1 rings (SSSR count). The molecule has 1 aromatic rings. The SMILES string of the molecule is C=CCN(C(C)C(O)C(=C)C(=O)OC)S(=O)(=O)c1ccc(C)cc1. The van der Waals surface area contributed by atoms with Crippen molar-refractivity contribution in [1.29, 1.82) is 0 Å². The van der Waals surface area contributed by atoms with E-state index in [-0.39, 0.29) is 17.0 Å². The van der Waals surface area contributed by atoms with Gasteiger partial charge in [-0.2, -0.15) is 4.31 Å². The number of methoxy groups -OCH3 is 1. The second kappa shape index (κ2) is 8.23. The van der Waals surface area contributed by atoms with Crippen LogP contribution in [0, 0.1) is 6.92 Å². The topological polar surface area (TPSA) is 83.9 Å². The first-order valence-corrected chi connectivity index (χ1v) is 8.75. The highest BCUT2D eigenvalue weighted by Gasteiger charge is 2.34. The van der Waals surface area contributed by atoms with E-state index < -0.39 is 28.1 Å².